The van der Waals surface area contributed by atoms with Crippen LogP contribution in [0.15, 0.2) is 34.9 Å². The fourth-order valence-electron chi connectivity index (χ4n) is 5.08. The van der Waals surface area contributed by atoms with Crippen molar-refractivity contribution in [1.82, 2.24) is 9.80 Å². The van der Waals surface area contributed by atoms with Crippen LogP contribution in [0.2, 0.25) is 0 Å². The molecule has 2 amide bonds. The quantitative estimate of drug-likeness (QED) is 0.615. The van der Waals surface area contributed by atoms with Crippen LogP contribution in [0.5, 0.6) is 0 Å². The van der Waals surface area contributed by atoms with E-state index in [2.05, 4.69) is 4.42 Å². The van der Waals surface area contributed by atoms with Crippen molar-refractivity contribution < 1.29 is 40.7 Å². The third-order valence-electron chi connectivity index (χ3n) is 6.60. The summed E-state index contributed by atoms with van der Waals surface area (Å²) in [7, 11) is 0. The van der Waals surface area contributed by atoms with E-state index < -0.39 is 52.9 Å². The van der Waals surface area contributed by atoms with Gasteiger partial charge in [0.15, 0.2) is 5.60 Å². The van der Waals surface area contributed by atoms with E-state index in [4.69, 9.17) is 4.74 Å². The van der Waals surface area contributed by atoms with E-state index >= 15 is 0 Å². The third-order valence-corrected chi connectivity index (χ3v) is 6.60. The normalized spacial score (nSPS) is 24.6. The van der Waals surface area contributed by atoms with Gasteiger partial charge in [0.05, 0.1) is 17.9 Å². The average molecular weight is 470 g/mol. The summed E-state index contributed by atoms with van der Waals surface area (Å²) < 4.78 is 77.2. The van der Waals surface area contributed by atoms with E-state index in [1.54, 1.807) is 0 Å². The summed E-state index contributed by atoms with van der Waals surface area (Å²) in [5.74, 6) is -3.98. The molecule has 3 fully saturated rings. The van der Waals surface area contributed by atoms with Crippen molar-refractivity contribution in [3.63, 3.8) is 0 Å². The van der Waals surface area contributed by atoms with Crippen LogP contribution in [0.1, 0.15) is 53.4 Å². The Morgan fingerprint density at radius 1 is 1.06 bits per heavy atom. The molecule has 176 valence electrons. The maximum absolute atomic E-state index is 13.7. The number of likely N-dealkylation sites (tertiary alicyclic amines) is 1. The van der Waals surface area contributed by atoms with Gasteiger partial charge in [0.25, 0.3) is 11.8 Å². The molecule has 1 aromatic heterocycles. The highest BCUT2D eigenvalue weighted by molar-refractivity contribution is 5.96. The van der Waals surface area contributed by atoms with Crippen LogP contribution in [0.3, 0.4) is 0 Å². The predicted octanol–water partition coefficient (Wildman–Crippen LogP) is 4.27. The first-order valence-electron chi connectivity index (χ1n) is 10.5. The van der Waals surface area contributed by atoms with Crippen molar-refractivity contribution in [2.45, 2.75) is 49.7 Å². The third kappa shape index (κ3) is 3.58. The molecule has 3 aliphatic rings. The second kappa shape index (κ2) is 7.54. The summed E-state index contributed by atoms with van der Waals surface area (Å²) in [6, 6.07) is 3.59. The Kier molecular flexibility index (Phi) is 5.00. The number of rotatable bonds is 2. The SMILES string of the molecule is O=C(c1ccoc1C(F)(F)F)N1CCC2(CC1)OC1CC[C@@H](c3cc(F)cc(F)c3)N1C2=O. The summed E-state index contributed by atoms with van der Waals surface area (Å²) in [5.41, 5.74) is -1.45. The fraction of sp³-hybridized carbons (Fsp3) is 0.455. The molecule has 1 unspecified atom stereocenters. The number of hydrogen-bond acceptors (Lipinski definition) is 4. The molecule has 0 saturated carbocycles. The van der Waals surface area contributed by atoms with Gasteiger partial charge in [-0.1, -0.05) is 0 Å². The van der Waals surface area contributed by atoms with Crippen LogP contribution < -0.4 is 0 Å². The van der Waals surface area contributed by atoms with E-state index in [0.717, 1.165) is 18.4 Å². The zero-order chi connectivity index (χ0) is 23.5. The Bertz CT molecular complexity index is 1090. The number of fused-ring (bicyclic) bond motifs is 1. The highest BCUT2D eigenvalue weighted by atomic mass is 19.4. The summed E-state index contributed by atoms with van der Waals surface area (Å²) in [6.45, 7) is 0.0414. The first kappa shape index (κ1) is 21.9. The van der Waals surface area contributed by atoms with Gasteiger partial charge < -0.3 is 19.0 Å². The molecular weight excluding hydrogens is 451 g/mol. The minimum atomic E-state index is -4.80. The average Bonchev–Trinajstić information content (AvgIpc) is 3.44. The van der Waals surface area contributed by atoms with Crippen LogP contribution in [-0.2, 0) is 15.7 Å². The Balaban J connectivity index is 1.31. The Hall–Kier alpha value is -2.95. The molecule has 33 heavy (non-hydrogen) atoms. The molecule has 3 aliphatic heterocycles. The monoisotopic (exact) mass is 470 g/mol. The van der Waals surface area contributed by atoms with Crippen LogP contribution in [0.4, 0.5) is 22.0 Å². The van der Waals surface area contributed by atoms with E-state index in [1.165, 1.54) is 21.9 Å². The van der Waals surface area contributed by atoms with Crippen molar-refractivity contribution in [2.24, 2.45) is 0 Å². The van der Waals surface area contributed by atoms with Crippen LogP contribution >= 0.6 is 0 Å². The van der Waals surface area contributed by atoms with Gasteiger partial charge in [0.2, 0.25) is 5.76 Å². The molecule has 11 heteroatoms. The molecular formula is C22H19F5N2O4. The molecule has 4 heterocycles. The lowest BCUT2D eigenvalue weighted by Crippen LogP contribution is -2.51. The summed E-state index contributed by atoms with van der Waals surface area (Å²) in [4.78, 5) is 28.8. The molecule has 5 rings (SSSR count). The smallest absolute Gasteiger partial charge is 0.450 e. The van der Waals surface area contributed by atoms with E-state index in [0.29, 0.717) is 18.4 Å². The number of benzene rings is 1. The molecule has 0 aliphatic carbocycles. The number of ether oxygens (including phenoxy) is 1. The highest BCUT2D eigenvalue weighted by Gasteiger charge is 2.58. The molecule has 1 aromatic carbocycles. The largest absolute Gasteiger partial charge is 0.459 e. The first-order chi connectivity index (χ1) is 15.6. The standard InChI is InChI=1S/C22H19F5N2O4/c23-13-9-12(10-14(24)11-13)16-1-2-17-29(16)20(31)21(33-17)4-6-28(7-5-21)19(30)15-3-8-32-18(15)22(25,26)27/h3,8-11,16-17H,1-2,4-7H2/t16-,17?/m0/s1. The summed E-state index contributed by atoms with van der Waals surface area (Å²) >= 11 is 0. The Morgan fingerprint density at radius 2 is 1.73 bits per heavy atom. The second-order valence-electron chi connectivity index (χ2n) is 8.53. The van der Waals surface area contributed by atoms with Crippen molar-refractivity contribution in [3.8, 4) is 0 Å². The van der Waals surface area contributed by atoms with Gasteiger partial charge in [0, 0.05) is 32.0 Å². The zero-order valence-electron chi connectivity index (χ0n) is 17.2. The van der Waals surface area contributed by atoms with Gasteiger partial charge in [-0.05, 0) is 36.6 Å². The van der Waals surface area contributed by atoms with E-state index in [9.17, 15) is 31.5 Å². The fourth-order valence-corrected chi connectivity index (χ4v) is 5.08. The number of amides is 2. The topological polar surface area (TPSA) is 63.0 Å². The maximum atomic E-state index is 13.7. The number of halogens is 5. The zero-order valence-corrected chi connectivity index (χ0v) is 17.2. The van der Waals surface area contributed by atoms with Crippen molar-refractivity contribution in [3.05, 3.63) is 59.1 Å². The Morgan fingerprint density at radius 3 is 2.36 bits per heavy atom. The predicted molar refractivity (Wildman–Crippen MR) is 102 cm³/mol. The lowest BCUT2D eigenvalue weighted by Gasteiger charge is -2.37. The maximum Gasteiger partial charge on any atom is 0.450 e. The molecule has 1 spiro atoms. The van der Waals surface area contributed by atoms with Crippen LogP contribution in [0.25, 0.3) is 0 Å². The number of carbonyl (C=O) groups is 2. The van der Waals surface area contributed by atoms with Crippen molar-refractivity contribution >= 4 is 11.8 Å². The first-order valence-corrected chi connectivity index (χ1v) is 10.5. The van der Waals surface area contributed by atoms with Crippen molar-refractivity contribution in [2.75, 3.05) is 13.1 Å². The molecule has 0 N–H and O–H groups in total. The number of nitrogens with zero attached hydrogens (tertiary/aromatic N) is 2. The minimum Gasteiger partial charge on any atom is -0.459 e. The lowest BCUT2D eigenvalue weighted by atomic mass is 9.89. The number of piperidine rings is 1. The van der Waals surface area contributed by atoms with Gasteiger partial charge in [-0.15, -0.1) is 0 Å². The van der Waals surface area contributed by atoms with E-state index in [1.807, 2.05) is 0 Å². The molecule has 2 aromatic rings. The van der Waals surface area contributed by atoms with Gasteiger partial charge in [0.1, 0.15) is 17.9 Å². The van der Waals surface area contributed by atoms with Gasteiger partial charge >= 0.3 is 6.18 Å². The van der Waals surface area contributed by atoms with Crippen molar-refractivity contribution in [1.29, 1.82) is 0 Å². The number of carbonyl (C=O) groups excluding carboxylic acids is 2. The number of alkyl halides is 3. The van der Waals surface area contributed by atoms with E-state index in [-0.39, 0.29) is 31.8 Å². The second-order valence-corrected chi connectivity index (χ2v) is 8.53. The molecule has 0 radical (unpaired) electrons. The molecule has 2 atom stereocenters. The molecule has 6 nitrogen and oxygen atoms in total. The summed E-state index contributed by atoms with van der Waals surface area (Å²) in [6.07, 6.45) is -3.35. The molecule has 3 saturated heterocycles. The minimum absolute atomic E-state index is 0.0207. The highest BCUT2D eigenvalue weighted by Crippen LogP contribution is 2.48. The Labute approximate surface area is 184 Å². The number of hydrogen-bond donors (Lipinski definition) is 0. The number of furan rings is 1. The lowest BCUT2D eigenvalue weighted by molar-refractivity contribution is -0.153. The molecule has 0 bridgehead atoms. The van der Waals surface area contributed by atoms with Crippen LogP contribution in [-0.4, -0.2) is 46.5 Å². The van der Waals surface area contributed by atoms with Crippen LogP contribution in [0, 0.1) is 11.6 Å². The van der Waals surface area contributed by atoms with Gasteiger partial charge in [-0.2, -0.15) is 13.2 Å². The van der Waals surface area contributed by atoms with Gasteiger partial charge in [-0.3, -0.25) is 9.59 Å². The van der Waals surface area contributed by atoms with Gasteiger partial charge in [-0.25, -0.2) is 8.78 Å². The summed E-state index contributed by atoms with van der Waals surface area (Å²) in [5, 5.41) is 0.